The number of primary amides is 1. The van der Waals surface area contributed by atoms with E-state index in [2.05, 4.69) is 72.8 Å². The molecule has 0 unspecified atom stereocenters. The van der Waals surface area contributed by atoms with Crippen molar-refractivity contribution in [1.82, 2.24) is 62.8 Å². The number of benzene rings is 3. The van der Waals surface area contributed by atoms with Gasteiger partial charge in [-0.1, -0.05) is 64.1 Å². The summed E-state index contributed by atoms with van der Waals surface area (Å²) in [5.74, 6) is -13.0. The van der Waals surface area contributed by atoms with Crippen LogP contribution in [0.15, 0.2) is 102 Å². The second kappa shape index (κ2) is 36.7. The predicted octanol–water partition coefficient (Wildman–Crippen LogP) is -2.76. The second-order valence-corrected chi connectivity index (χ2v) is 24.6. The fourth-order valence-electron chi connectivity index (χ4n) is 9.81. The quantitative estimate of drug-likeness (QED) is 0.0122. The number of fused-ring (bicyclic) bond motifs is 1. The van der Waals surface area contributed by atoms with E-state index in [-0.39, 0.29) is 93.6 Å². The van der Waals surface area contributed by atoms with E-state index in [1.54, 1.807) is 30.5 Å². The Balaban J connectivity index is 1.43. The van der Waals surface area contributed by atoms with Gasteiger partial charge in [-0.2, -0.15) is 0 Å². The van der Waals surface area contributed by atoms with E-state index in [1.165, 1.54) is 55.8 Å². The van der Waals surface area contributed by atoms with Gasteiger partial charge in [0.05, 0.1) is 6.33 Å². The van der Waals surface area contributed by atoms with Crippen molar-refractivity contribution in [2.45, 2.75) is 126 Å². The number of carboxylic acid groups (broad SMARTS) is 1. The summed E-state index contributed by atoms with van der Waals surface area (Å²) in [5.41, 5.74) is 30.5. The van der Waals surface area contributed by atoms with E-state index in [0.717, 1.165) is 33.7 Å². The van der Waals surface area contributed by atoms with Crippen LogP contribution >= 0.6 is 21.6 Å². The fraction of sp³-hybridized carbons (Fsp3) is 0.400. The molecule has 10 amide bonds. The van der Waals surface area contributed by atoms with Gasteiger partial charge in [-0.05, 0) is 79.1 Å². The Morgan fingerprint density at radius 1 is 0.642 bits per heavy atom. The molecule has 1 aliphatic heterocycles. The standard InChI is InChI=1S/C60H78FN19O13S2/c1-31(81)72-43(22-33-12-16-37(82)17-13-33)54(89)73-41(9-5-21-69-60(65)66)52(87)80-48-29-95-94-28-47(50(62)85)79-56(91)45(24-34-26-70-39-7-3-2-6-38(34)39)77-51(86)40(8-4-20-68-59(63)64)74-55(90)44(23-32-10-14-35(61)15-11-32)76-57(92)46(25-36-27-67-30-71-36)78-53(88)42(75-58(48)93)18-19-49(83)84/h2-3,6-7,10-17,26-27,30,40-48,70,82H,4-5,8-9,18-25,28-29H2,1H3,(H2,62,85)(H,67,71)(H,72,81)(H,73,89)(H,74,90)(H,75,93)(H,76,92)(H,77,86)(H,78,88)(H,79,91)(H,80,87)(H,83,84)(H4,63,64,68)(H4,65,66,69)/t40-,41-,42-,43-,44+,45-,46-,47-,48-/m0/s1. The molecule has 23 N–H and O–H groups in total. The third kappa shape index (κ3) is 24.5. The first-order valence-corrected chi connectivity index (χ1v) is 32.4. The van der Waals surface area contributed by atoms with Crippen molar-refractivity contribution in [3.63, 3.8) is 0 Å². The zero-order valence-electron chi connectivity index (χ0n) is 51.6. The topological polar surface area (TPSA) is 536 Å². The maximum atomic E-state index is 14.9. The molecule has 510 valence electrons. The molecule has 0 radical (unpaired) electrons. The average Bonchev–Trinajstić information content (AvgIpc) is 1.82. The summed E-state index contributed by atoms with van der Waals surface area (Å²) in [6, 6.07) is 3.62. The van der Waals surface area contributed by atoms with Crippen LogP contribution in [0.4, 0.5) is 4.39 Å². The number of amides is 10. The molecule has 1 fully saturated rings. The average molecular weight is 1360 g/mol. The molecule has 0 bridgehead atoms. The highest BCUT2D eigenvalue weighted by molar-refractivity contribution is 8.76. The van der Waals surface area contributed by atoms with Gasteiger partial charge in [-0.3, -0.25) is 62.7 Å². The third-order valence-electron chi connectivity index (χ3n) is 14.7. The van der Waals surface area contributed by atoms with Crippen LogP contribution in [0.25, 0.3) is 10.9 Å². The van der Waals surface area contributed by atoms with E-state index in [9.17, 15) is 67.3 Å². The first-order chi connectivity index (χ1) is 45.3. The number of hydrogen-bond acceptors (Lipinski definition) is 17. The molecule has 32 nitrogen and oxygen atoms in total. The summed E-state index contributed by atoms with van der Waals surface area (Å²) >= 11 is 0. The number of phenolic OH excluding ortho intramolecular Hbond substituents is 1. The molecule has 6 rings (SSSR count). The lowest BCUT2D eigenvalue weighted by Gasteiger charge is -2.28. The van der Waals surface area contributed by atoms with Crippen LogP contribution in [-0.2, 0) is 78.4 Å². The fourth-order valence-corrected chi connectivity index (χ4v) is 12.2. The zero-order valence-corrected chi connectivity index (χ0v) is 53.2. The van der Waals surface area contributed by atoms with Gasteiger partial charge >= 0.3 is 5.97 Å². The third-order valence-corrected chi connectivity index (χ3v) is 17.1. The van der Waals surface area contributed by atoms with E-state index in [1.807, 2.05) is 0 Å². The molecule has 3 aromatic carbocycles. The molecule has 1 aliphatic rings. The van der Waals surface area contributed by atoms with E-state index >= 15 is 0 Å². The zero-order chi connectivity index (χ0) is 69.1. The van der Waals surface area contributed by atoms with Crippen LogP contribution < -0.4 is 76.5 Å². The Morgan fingerprint density at radius 3 is 1.83 bits per heavy atom. The number of H-pyrrole nitrogens is 2. The highest BCUT2D eigenvalue weighted by Gasteiger charge is 2.37. The highest BCUT2D eigenvalue weighted by Crippen LogP contribution is 2.25. The number of carboxylic acids is 1. The number of halogens is 1. The highest BCUT2D eigenvalue weighted by atomic mass is 33.1. The molecule has 3 heterocycles. The van der Waals surface area contributed by atoms with E-state index in [0.29, 0.717) is 27.6 Å². The number of guanidine groups is 2. The first kappa shape index (κ1) is 73.6. The number of nitrogens with zero attached hydrogens (tertiary/aromatic N) is 3. The van der Waals surface area contributed by atoms with Gasteiger partial charge in [-0.25, -0.2) is 9.37 Å². The van der Waals surface area contributed by atoms with Gasteiger partial charge in [0.25, 0.3) is 0 Å². The minimum atomic E-state index is -1.80. The van der Waals surface area contributed by atoms with E-state index in [4.69, 9.17) is 28.7 Å². The van der Waals surface area contributed by atoms with Crippen LogP contribution in [0.1, 0.15) is 67.8 Å². The monoisotopic (exact) mass is 1360 g/mol. The number of aromatic amines is 2. The number of aromatic nitrogens is 3. The Labute approximate surface area is 551 Å². The van der Waals surface area contributed by atoms with Crippen LogP contribution in [-0.4, -0.2) is 181 Å². The lowest BCUT2D eigenvalue weighted by Crippen LogP contribution is -2.61. The number of rotatable bonds is 25. The molecule has 1 saturated heterocycles. The largest absolute Gasteiger partial charge is 0.508 e. The number of carbonyl (C=O) groups is 11. The van der Waals surface area contributed by atoms with Crippen LogP contribution in [0.3, 0.4) is 0 Å². The second-order valence-electron chi connectivity index (χ2n) is 22.1. The number of hydrogen-bond donors (Lipinski definition) is 18. The number of para-hydroxylation sites is 1. The molecule has 5 aromatic rings. The molecule has 95 heavy (non-hydrogen) atoms. The van der Waals surface area contributed by atoms with Crippen molar-refractivity contribution in [1.29, 1.82) is 0 Å². The lowest BCUT2D eigenvalue weighted by atomic mass is 10.0. The number of nitrogens with two attached hydrogens (primary N) is 5. The number of imidazole rings is 1. The summed E-state index contributed by atoms with van der Waals surface area (Å²) in [7, 11) is 1.74. The van der Waals surface area contributed by atoms with Gasteiger partial charge in [0.15, 0.2) is 11.9 Å². The smallest absolute Gasteiger partial charge is 0.303 e. The number of aliphatic carboxylic acids is 1. The van der Waals surface area contributed by atoms with Crippen molar-refractivity contribution in [2.75, 3.05) is 24.6 Å². The molecule has 0 aliphatic carbocycles. The van der Waals surface area contributed by atoms with Crippen molar-refractivity contribution >= 4 is 109 Å². The molecular formula is C60H78FN19O13S2. The summed E-state index contributed by atoms with van der Waals surface area (Å²) < 4.78 is 14.3. The van der Waals surface area contributed by atoms with Gasteiger partial charge in [-0.15, -0.1) is 0 Å². The number of aliphatic imine (C=N–C) groups is 2. The summed E-state index contributed by atoms with van der Waals surface area (Å²) in [5, 5.41) is 43.9. The Bertz CT molecular complexity index is 3550. The SMILES string of the molecule is CC(=O)N[C@@H](Cc1ccc(O)cc1)C(=O)N[C@@H](CCCN=C(N)N)C(=O)N[C@H]1CSSC[C@@H](C(N)=O)NC(=O)[C@H](Cc2c[nH]c3ccccc23)NC(=O)[C@H](CCCN=C(N)N)NC(=O)[C@@H](Cc2ccc(F)cc2)NC(=O)[C@H](Cc2cnc[nH]2)NC(=O)[C@H](CCC(=O)O)NC1=O. The molecule has 35 heteroatoms. The minimum Gasteiger partial charge on any atom is -0.508 e. The van der Waals surface area contributed by atoms with E-state index < -0.39 is 144 Å². The molecule has 2 aromatic heterocycles. The Morgan fingerprint density at radius 2 is 1.21 bits per heavy atom. The van der Waals surface area contributed by atoms with Gasteiger partial charge in [0, 0.05) is 92.6 Å². The maximum Gasteiger partial charge on any atom is 0.303 e. The number of carbonyl (C=O) groups excluding carboxylic acids is 10. The summed E-state index contributed by atoms with van der Waals surface area (Å²) in [6.07, 6.45) is 1.56. The molecule has 0 spiro atoms. The van der Waals surface area contributed by atoms with Crippen LogP contribution in [0.2, 0.25) is 0 Å². The summed E-state index contributed by atoms with van der Waals surface area (Å²) in [6.45, 7) is 1.09. The van der Waals surface area contributed by atoms with Gasteiger partial charge in [0.2, 0.25) is 59.1 Å². The van der Waals surface area contributed by atoms with Crippen molar-refractivity contribution < 1.29 is 67.3 Å². The van der Waals surface area contributed by atoms with Crippen LogP contribution in [0.5, 0.6) is 5.75 Å². The normalized spacial score (nSPS) is 20.1. The van der Waals surface area contributed by atoms with Crippen molar-refractivity contribution in [3.05, 3.63) is 120 Å². The molecule has 0 saturated carbocycles. The van der Waals surface area contributed by atoms with Crippen molar-refractivity contribution in [2.24, 2.45) is 38.7 Å². The van der Waals surface area contributed by atoms with Crippen LogP contribution in [0, 0.1) is 5.82 Å². The number of nitrogens with one attached hydrogen (secondary N) is 11. The Kier molecular flexibility index (Phi) is 28.4. The minimum absolute atomic E-state index is 0.0329. The number of phenols is 1. The van der Waals surface area contributed by atoms with Gasteiger partial charge < -0.3 is 96.7 Å². The molecule has 9 atom stereocenters. The Hall–Kier alpha value is -10.4. The van der Waals surface area contributed by atoms with Gasteiger partial charge in [0.1, 0.15) is 65.9 Å². The summed E-state index contributed by atoms with van der Waals surface area (Å²) in [4.78, 5) is 173. The predicted molar refractivity (Wildman–Crippen MR) is 350 cm³/mol. The maximum absolute atomic E-state index is 14.9. The number of aromatic hydroxyl groups is 1. The lowest BCUT2D eigenvalue weighted by molar-refractivity contribution is -0.138. The molecular weight excluding hydrogens is 1280 g/mol. The van der Waals surface area contributed by atoms with Crippen molar-refractivity contribution in [3.8, 4) is 5.75 Å². The first-order valence-electron chi connectivity index (χ1n) is 29.9.